The first kappa shape index (κ1) is 22.4. The van der Waals surface area contributed by atoms with Crippen LogP contribution in [-0.4, -0.2) is 21.5 Å². The number of hydrogen-bond acceptors (Lipinski definition) is 2. The molecule has 1 amide bonds. The van der Waals surface area contributed by atoms with E-state index in [1.54, 1.807) is 12.1 Å². The van der Waals surface area contributed by atoms with E-state index in [-0.39, 0.29) is 11.9 Å². The van der Waals surface area contributed by atoms with E-state index < -0.39 is 0 Å². The largest absolute Gasteiger partial charge is 0.348 e. The average Bonchev–Trinajstić information content (AvgIpc) is 3.14. The van der Waals surface area contributed by atoms with Gasteiger partial charge in [-0.2, -0.15) is 0 Å². The fourth-order valence-electron chi connectivity index (χ4n) is 4.18. The van der Waals surface area contributed by atoms with E-state index in [2.05, 4.69) is 21.2 Å². The highest BCUT2D eigenvalue weighted by atomic mass is 79.9. The van der Waals surface area contributed by atoms with Gasteiger partial charge in [-0.05, 0) is 61.7 Å². The van der Waals surface area contributed by atoms with E-state index in [0.717, 1.165) is 47.1 Å². The standard InChI is InChI=1S/C24H24BrCl2N3O/c1-2-21-22(24(31)28-17-6-4-3-5-7-17)29-23(19-13-10-16(26)14-20(19)27)30(21)18-11-8-15(25)9-12-18/h8-14,17H,2-7H2,1H3,(H,28,31). The Kier molecular flexibility index (Phi) is 7.05. The summed E-state index contributed by atoms with van der Waals surface area (Å²) in [4.78, 5) is 18.1. The number of aromatic nitrogens is 2. The van der Waals surface area contributed by atoms with Gasteiger partial charge < -0.3 is 5.32 Å². The minimum absolute atomic E-state index is 0.119. The molecule has 0 bridgehead atoms. The Morgan fingerprint density at radius 1 is 1.13 bits per heavy atom. The molecule has 7 heteroatoms. The van der Waals surface area contributed by atoms with Crippen molar-refractivity contribution in [1.82, 2.24) is 14.9 Å². The molecule has 1 saturated carbocycles. The van der Waals surface area contributed by atoms with Crippen LogP contribution in [-0.2, 0) is 6.42 Å². The van der Waals surface area contributed by atoms with Crippen LogP contribution in [0.1, 0.15) is 55.2 Å². The summed E-state index contributed by atoms with van der Waals surface area (Å²) in [6.07, 6.45) is 6.26. The maximum Gasteiger partial charge on any atom is 0.272 e. The quantitative estimate of drug-likeness (QED) is 0.385. The number of nitrogens with zero attached hydrogens (tertiary/aromatic N) is 2. The molecule has 1 aliphatic carbocycles. The minimum atomic E-state index is -0.119. The Labute approximate surface area is 201 Å². The van der Waals surface area contributed by atoms with E-state index in [0.29, 0.717) is 28.0 Å². The summed E-state index contributed by atoms with van der Waals surface area (Å²) in [5.41, 5.74) is 2.97. The summed E-state index contributed by atoms with van der Waals surface area (Å²) in [5, 5.41) is 4.26. The Hall–Kier alpha value is -1.82. The molecule has 1 aliphatic rings. The molecule has 1 N–H and O–H groups in total. The zero-order valence-corrected chi connectivity index (χ0v) is 20.4. The Balaban J connectivity index is 1.84. The van der Waals surface area contributed by atoms with Gasteiger partial charge in [0.25, 0.3) is 5.91 Å². The molecule has 0 aliphatic heterocycles. The highest BCUT2D eigenvalue weighted by Crippen LogP contribution is 2.34. The molecule has 4 nitrogen and oxygen atoms in total. The van der Waals surface area contributed by atoms with Crippen LogP contribution in [0.3, 0.4) is 0 Å². The highest BCUT2D eigenvalue weighted by molar-refractivity contribution is 9.10. The molecule has 2 aromatic carbocycles. The molecule has 0 radical (unpaired) electrons. The second-order valence-electron chi connectivity index (χ2n) is 7.83. The average molecular weight is 521 g/mol. The predicted molar refractivity (Wildman–Crippen MR) is 130 cm³/mol. The fraction of sp³-hybridized carbons (Fsp3) is 0.333. The van der Waals surface area contributed by atoms with Crippen molar-refractivity contribution in [3.05, 3.63) is 68.4 Å². The lowest BCUT2D eigenvalue weighted by Gasteiger charge is -2.22. The van der Waals surface area contributed by atoms with E-state index in [1.165, 1.54) is 6.42 Å². The summed E-state index contributed by atoms with van der Waals surface area (Å²) < 4.78 is 3.01. The van der Waals surface area contributed by atoms with Crippen LogP contribution in [0.25, 0.3) is 17.1 Å². The van der Waals surface area contributed by atoms with Gasteiger partial charge in [0, 0.05) is 26.8 Å². The van der Waals surface area contributed by atoms with Crippen molar-refractivity contribution in [2.24, 2.45) is 0 Å². The predicted octanol–water partition coefficient (Wildman–Crippen LogP) is 7.23. The van der Waals surface area contributed by atoms with Crippen molar-refractivity contribution >= 4 is 45.0 Å². The van der Waals surface area contributed by atoms with Crippen molar-refractivity contribution in [3.63, 3.8) is 0 Å². The van der Waals surface area contributed by atoms with Gasteiger partial charge in [-0.25, -0.2) is 4.98 Å². The molecule has 3 aromatic rings. The van der Waals surface area contributed by atoms with Crippen LogP contribution in [0.2, 0.25) is 10.0 Å². The molecule has 1 aromatic heterocycles. The number of nitrogens with one attached hydrogen (secondary N) is 1. The van der Waals surface area contributed by atoms with Gasteiger partial charge >= 0.3 is 0 Å². The molecule has 162 valence electrons. The Morgan fingerprint density at radius 3 is 2.48 bits per heavy atom. The lowest BCUT2D eigenvalue weighted by atomic mass is 9.95. The third-order valence-electron chi connectivity index (χ3n) is 5.72. The molecule has 31 heavy (non-hydrogen) atoms. The first-order valence-corrected chi connectivity index (χ1v) is 12.2. The van der Waals surface area contributed by atoms with Crippen molar-refractivity contribution in [2.45, 2.75) is 51.5 Å². The van der Waals surface area contributed by atoms with E-state index >= 15 is 0 Å². The first-order valence-electron chi connectivity index (χ1n) is 10.6. The third-order valence-corrected chi connectivity index (χ3v) is 6.80. The number of amides is 1. The molecular weight excluding hydrogens is 497 g/mol. The summed E-state index contributed by atoms with van der Waals surface area (Å²) in [5.74, 6) is 0.514. The first-order chi connectivity index (χ1) is 15.0. The zero-order chi connectivity index (χ0) is 22.0. The fourth-order valence-corrected chi connectivity index (χ4v) is 4.94. The summed E-state index contributed by atoms with van der Waals surface area (Å²) in [7, 11) is 0. The summed E-state index contributed by atoms with van der Waals surface area (Å²) >= 11 is 16.2. The van der Waals surface area contributed by atoms with E-state index in [1.807, 2.05) is 41.8 Å². The second-order valence-corrected chi connectivity index (χ2v) is 9.59. The molecule has 4 rings (SSSR count). The lowest BCUT2D eigenvalue weighted by Crippen LogP contribution is -2.36. The number of carbonyl (C=O) groups excluding carboxylic acids is 1. The van der Waals surface area contributed by atoms with E-state index in [4.69, 9.17) is 28.2 Å². The minimum Gasteiger partial charge on any atom is -0.348 e. The second kappa shape index (κ2) is 9.76. The van der Waals surface area contributed by atoms with Crippen LogP contribution in [0.4, 0.5) is 0 Å². The molecule has 0 atom stereocenters. The van der Waals surface area contributed by atoms with E-state index in [9.17, 15) is 4.79 Å². The van der Waals surface area contributed by atoms with Gasteiger partial charge in [-0.3, -0.25) is 9.36 Å². The summed E-state index contributed by atoms with van der Waals surface area (Å²) in [6.45, 7) is 2.04. The number of benzene rings is 2. The van der Waals surface area contributed by atoms with Gasteiger partial charge in [-0.15, -0.1) is 0 Å². The number of carbonyl (C=O) groups is 1. The van der Waals surface area contributed by atoms with Crippen LogP contribution in [0.15, 0.2) is 46.9 Å². The smallest absolute Gasteiger partial charge is 0.272 e. The topological polar surface area (TPSA) is 46.9 Å². The van der Waals surface area contributed by atoms with Gasteiger partial charge in [0.15, 0.2) is 0 Å². The lowest BCUT2D eigenvalue weighted by molar-refractivity contribution is 0.0922. The van der Waals surface area contributed by atoms with Crippen LogP contribution >= 0.6 is 39.1 Å². The van der Waals surface area contributed by atoms with Crippen molar-refractivity contribution in [1.29, 1.82) is 0 Å². The molecule has 0 unspecified atom stereocenters. The number of imidazole rings is 1. The number of halogens is 3. The maximum atomic E-state index is 13.3. The highest BCUT2D eigenvalue weighted by Gasteiger charge is 2.26. The van der Waals surface area contributed by atoms with Gasteiger partial charge in [0.05, 0.1) is 10.7 Å². The summed E-state index contributed by atoms with van der Waals surface area (Å²) in [6, 6.07) is 13.5. The SMILES string of the molecule is CCc1c(C(=O)NC2CCCCC2)nc(-c2ccc(Cl)cc2Cl)n1-c1ccc(Br)cc1. The molecule has 0 spiro atoms. The number of rotatable bonds is 5. The molecule has 1 heterocycles. The van der Waals surface area contributed by atoms with Crippen molar-refractivity contribution in [2.75, 3.05) is 0 Å². The Bertz CT molecular complexity index is 1090. The van der Waals surface area contributed by atoms with Crippen molar-refractivity contribution in [3.8, 4) is 17.1 Å². The molecule has 1 fully saturated rings. The van der Waals surface area contributed by atoms with Gasteiger partial charge in [-0.1, -0.05) is 65.3 Å². The Morgan fingerprint density at radius 2 is 1.84 bits per heavy atom. The van der Waals surface area contributed by atoms with Crippen LogP contribution < -0.4 is 5.32 Å². The van der Waals surface area contributed by atoms with Crippen LogP contribution in [0, 0.1) is 0 Å². The van der Waals surface area contributed by atoms with Crippen molar-refractivity contribution < 1.29 is 4.79 Å². The normalized spacial score (nSPS) is 14.6. The number of hydrogen-bond donors (Lipinski definition) is 1. The molecule has 0 saturated heterocycles. The monoisotopic (exact) mass is 519 g/mol. The van der Waals surface area contributed by atoms with Gasteiger partial charge in [0.1, 0.15) is 11.5 Å². The molecular formula is C24H24BrCl2N3O. The third kappa shape index (κ3) is 4.84. The maximum absolute atomic E-state index is 13.3. The van der Waals surface area contributed by atoms with Crippen LogP contribution in [0.5, 0.6) is 0 Å². The zero-order valence-electron chi connectivity index (χ0n) is 17.3. The van der Waals surface area contributed by atoms with Gasteiger partial charge in [0.2, 0.25) is 0 Å².